The fourth-order valence-corrected chi connectivity index (χ4v) is 1.17. The van der Waals surface area contributed by atoms with Gasteiger partial charge in [0.05, 0.1) is 18.2 Å². The van der Waals surface area contributed by atoms with Crippen LogP contribution in [0.4, 0.5) is 10.2 Å². The normalized spacial score (nSPS) is 11.1. The van der Waals surface area contributed by atoms with Gasteiger partial charge in [0, 0.05) is 7.11 Å². The fourth-order valence-electron chi connectivity index (χ4n) is 1.17. The van der Waals surface area contributed by atoms with Gasteiger partial charge in [-0.15, -0.1) is 0 Å². The molecule has 94 valence electrons. The Hall–Kier alpha value is -1.69. The van der Waals surface area contributed by atoms with Gasteiger partial charge in [0.1, 0.15) is 11.6 Å². The lowest BCUT2D eigenvalue weighted by molar-refractivity contribution is -0.131. The van der Waals surface area contributed by atoms with Gasteiger partial charge in [0.25, 0.3) is 0 Å². The van der Waals surface area contributed by atoms with Crippen LogP contribution in [0.15, 0.2) is 18.3 Å². The summed E-state index contributed by atoms with van der Waals surface area (Å²) in [5.74, 6) is -0.292. The molecule has 0 spiro atoms. The lowest BCUT2D eigenvalue weighted by Crippen LogP contribution is -2.42. The monoisotopic (exact) mass is 241 g/mol. The number of aromatic nitrogens is 1. The Kier molecular flexibility index (Phi) is 4.39. The van der Waals surface area contributed by atoms with Gasteiger partial charge in [-0.05, 0) is 26.0 Å². The van der Waals surface area contributed by atoms with Crippen LogP contribution >= 0.6 is 0 Å². The van der Waals surface area contributed by atoms with E-state index in [1.165, 1.54) is 19.2 Å². The number of carbonyl (C=O) groups excluding carboxylic acids is 1. The number of methoxy groups -OCH3 is 1. The number of pyridine rings is 1. The highest BCUT2D eigenvalue weighted by Gasteiger charge is 2.27. The highest BCUT2D eigenvalue weighted by molar-refractivity contribution is 5.82. The van der Waals surface area contributed by atoms with E-state index in [4.69, 9.17) is 4.74 Å². The van der Waals surface area contributed by atoms with Crippen LogP contribution in [-0.2, 0) is 9.53 Å². The van der Waals surface area contributed by atoms with Gasteiger partial charge in [0.15, 0.2) is 0 Å². The largest absolute Gasteiger partial charge is 0.384 e. The molecule has 0 bridgehead atoms. The second-order valence-electron chi connectivity index (χ2n) is 4.26. The number of nitrogens with one attached hydrogen (secondary N) is 2. The molecular formula is C11H16FN3O2. The second kappa shape index (κ2) is 5.58. The van der Waals surface area contributed by atoms with Crippen LogP contribution in [-0.4, -0.2) is 24.6 Å². The molecule has 0 aliphatic rings. The Morgan fingerprint density at radius 2 is 2.24 bits per heavy atom. The highest BCUT2D eigenvalue weighted by Crippen LogP contribution is 2.15. The van der Waals surface area contributed by atoms with Gasteiger partial charge in [-0.25, -0.2) is 9.37 Å². The Bertz CT molecular complexity index is 379. The zero-order valence-electron chi connectivity index (χ0n) is 10.1. The van der Waals surface area contributed by atoms with Crippen LogP contribution in [0.5, 0.6) is 0 Å². The SMILES string of the molecule is COCC(C)(C)C(=O)NNc1ccc(F)cn1. The number of amides is 1. The molecule has 0 radical (unpaired) electrons. The summed E-state index contributed by atoms with van der Waals surface area (Å²) in [6, 6.07) is 2.68. The maximum atomic E-state index is 12.6. The number of halogens is 1. The molecule has 1 aromatic rings. The van der Waals surface area contributed by atoms with Crippen molar-refractivity contribution in [3.05, 3.63) is 24.1 Å². The number of hydrazine groups is 1. The molecule has 17 heavy (non-hydrogen) atoms. The molecule has 0 atom stereocenters. The lowest BCUT2D eigenvalue weighted by atomic mass is 9.94. The van der Waals surface area contributed by atoms with Crippen LogP contribution in [0.3, 0.4) is 0 Å². The molecule has 0 unspecified atom stereocenters. The molecule has 1 heterocycles. The number of ether oxygens (including phenoxy) is 1. The van der Waals surface area contributed by atoms with E-state index in [9.17, 15) is 9.18 Å². The molecule has 0 aliphatic carbocycles. The molecule has 0 saturated carbocycles. The van der Waals surface area contributed by atoms with Gasteiger partial charge >= 0.3 is 0 Å². The standard InChI is InChI=1S/C11H16FN3O2/c1-11(2,7-17-3)10(16)15-14-9-5-4-8(12)6-13-9/h4-6H,7H2,1-3H3,(H,13,14)(H,15,16). The molecule has 0 aromatic carbocycles. The summed E-state index contributed by atoms with van der Waals surface area (Å²) in [5, 5.41) is 0. The molecular weight excluding hydrogens is 225 g/mol. The van der Waals surface area contributed by atoms with Crippen molar-refractivity contribution in [3.63, 3.8) is 0 Å². The van der Waals surface area contributed by atoms with Gasteiger partial charge in [-0.1, -0.05) is 0 Å². The molecule has 0 fully saturated rings. The highest BCUT2D eigenvalue weighted by atomic mass is 19.1. The minimum absolute atomic E-state index is 0.231. The first-order valence-corrected chi connectivity index (χ1v) is 5.12. The van der Waals surface area contributed by atoms with E-state index in [1.807, 2.05) is 0 Å². The number of anilines is 1. The molecule has 2 N–H and O–H groups in total. The first-order valence-electron chi connectivity index (χ1n) is 5.12. The van der Waals surface area contributed by atoms with E-state index in [1.54, 1.807) is 13.8 Å². The van der Waals surface area contributed by atoms with E-state index in [2.05, 4.69) is 15.8 Å². The molecule has 1 amide bonds. The van der Waals surface area contributed by atoms with Gasteiger partial charge in [-0.2, -0.15) is 0 Å². The van der Waals surface area contributed by atoms with Gasteiger partial charge in [-0.3, -0.25) is 15.6 Å². The zero-order valence-corrected chi connectivity index (χ0v) is 10.1. The average molecular weight is 241 g/mol. The van der Waals surface area contributed by atoms with Crippen molar-refractivity contribution in [1.29, 1.82) is 0 Å². The Morgan fingerprint density at radius 1 is 1.53 bits per heavy atom. The Balaban J connectivity index is 2.50. The van der Waals surface area contributed by atoms with Crippen LogP contribution in [0, 0.1) is 11.2 Å². The molecule has 1 rings (SSSR count). The van der Waals surface area contributed by atoms with E-state index < -0.39 is 11.2 Å². The first-order chi connectivity index (χ1) is 7.95. The summed E-state index contributed by atoms with van der Waals surface area (Å²) in [4.78, 5) is 15.5. The van der Waals surface area contributed by atoms with Gasteiger partial charge < -0.3 is 4.74 Å². The van der Waals surface area contributed by atoms with Crippen LogP contribution in [0.2, 0.25) is 0 Å². The minimum Gasteiger partial charge on any atom is -0.384 e. The predicted molar refractivity (Wildman–Crippen MR) is 61.6 cm³/mol. The number of carbonyl (C=O) groups is 1. The zero-order chi connectivity index (χ0) is 12.9. The molecule has 0 saturated heterocycles. The van der Waals surface area contributed by atoms with Crippen LogP contribution in [0.1, 0.15) is 13.8 Å². The third-order valence-corrected chi connectivity index (χ3v) is 2.15. The molecule has 5 nitrogen and oxygen atoms in total. The summed E-state index contributed by atoms with van der Waals surface area (Å²) < 4.78 is 17.5. The number of nitrogens with zero attached hydrogens (tertiary/aromatic N) is 1. The quantitative estimate of drug-likeness (QED) is 0.763. The van der Waals surface area contributed by atoms with Crippen molar-refractivity contribution in [2.24, 2.45) is 5.41 Å². The summed E-state index contributed by atoms with van der Waals surface area (Å²) in [6.45, 7) is 3.81. The Morgan fingerprint density at radius 3 is 2.76 bits per heavy atom. The van der Waals surface area contributed by atoms with E-state index in [0.29, 0.717) is 12.4 Å². The van der Waals surface area contributed by atoms with Gasteiger partial charge in [0.2, 0.25) is 5.91 Å². The summed E-state index contributed by atoms with van der Waals surface area (Å²) in [6.07, 6.45) is 1.06. The maximum absolute atomic E-state index is 12.6. The number of hydrogen-bond acceptors (Lipinski definition) is 4. The summed E-state index contributed by atoms with van der Waals surface area (Å²) in [7, 11) is 1.53. The smallest absolute Gasteiger partial charge is 0.246 e. The van der Waals surface area contributed by atoms with Crippen molar-refractivity contribution in [3.8, 4) is 0 Å². The van der Waals surface area contributed by atoms with E-state index in [-0.39, 0.29) is 5.91 Å². The first kappa shape index (κ1) is 13.4. The number of hydrogen-bond donors (Lipinski definition) is 2. The Labute approximate surface area is 99.4 Å². The topological polar surface area (TPSA) is 63.2 Å². The van der Waals surface area contributed by atoms with Crippen molar-refractivity contribution in [2.75, 3.05) is 19.1 Å². The average Bonchev–Trinajstić information content (AvgIpc) is 2.27. The van der Waals surface area contributed by atoms with Crippen molar-refractivity contribution < 1.29 is 13.9 Å². The van der Waals surface area contributed by atoms with Crippen molar-refractivity contribution >= 4 is 11.7 Å². The molecule has 6 heteroatoms. The van der Waals surface area contributed by atoms with Crippen LogP contribution in [0.25, 0.3) is 0 Å². The van der Waals surface area contributed by atoms with E-state index >= 15 is 0 Å². The third kappa shape index (κ3) is 3.99. The van der Waals surface area contributed by atoms with E-state index in [0.717, 1.165) is 6.20 Å². The minimum atomic E-state index is -0.651. The summed E-state index contributed by atoms with van der Waals surface area (Å²) in [5.41, 5.74) is 4.44. The predicted octanol–water partition coefficient (Wildman–Crippen LogP) is 1.34. The van der Waals surface area contributed by atoms with Crippen molar-refractivity contribution in [1.82, 2.24) is 10.4 Å². The third-order valence-electron chi connectivity index (χ3n) is 2.15. The summed E-state index contributed by atoms with van der Waals surface area (Å²) >= 11 is 0. The molecule has 1 aromatic heterocycles. The molecule has 0 aliphatic heterocycles. The fraction of sp³-hybridized carbons (Fsp3) is 0.455. The van der Waals surface area contributed by atoms with Crippen molar-refractivity contribution in [2.45, 2.75) is 13.8 Å². The van der Waals surface area contributed by atoms with Crippen LogP contribution < -0.4 is 10.9 Å². The maximum Gasteiger partial charge on any atom is 0.246 e. The number of rotatable bonds is 5. The second-order valence-corrected chi connectivity index (χ2v) is 4.26. The lowest BCUT2D eigenvalue weighted by Gasteiger charge is -2.22.